The summed E-state index contributed by atoms with van der Waals surface area (Å²) >= 11 is 0. The number of rotatable bonds is 6. The lowest BCUT2D eigenvalue weighted by atomic mass is 9.71. The first-order chi connectivity index (χ1) is 19.7. The van der Waals surface area contributed by atoms with Crippen LogP contribution in [-0.4, -0.2) is 55.6 Å². The summed E-state index contributed by atoms with van der Waals surface area (Å²) in [5, 5.41) is 6.57. The Morgan fingerprint density at radius 2 is 1.68 bits per heavy atom. The third kappa shape index (κ3) is 5.42. The minimum atomic E-state index is -0.633. The molecular weight excluding hydrogens is 522 g/mol. The minimum Gasteiger partial charge on any atom is -0.326 e. The maximum absolute atomic E-state index is 15.0. The van der Waals surface area contributed by atoms with Gasteiger partial charge in [-0.05, 0) is 109 Å². The highest BCUT2D eigenvalue weighted by Crippen LogP contribution is 2.41. The highest BCUT2D eigenvalue weighted by Gasteiger charge is 2.36. The molecule has 3 aromatic heterocycles. The number of piperidine rings is 2. The van der Waals surface area contributed by atoms with Crippen molar-refractivity contribution in [2.45, 2.75) is 65.5 Å². The number of nitrogens with one attached hydrogen (secondary N) is 2. The molecule has 4 aromatic rings. The summed E-state index contributed by atoms with van der Waals surface area (Å²) < 4.78 is 31.9. The molecule has 1 spiro atoms. The number of likely N-dealkylation sites (tertiary alicyclic amines) is 1. The minimum absolute atomic E-state index is 0.0133. The molecule has 8 nitrogen and oxygen atoms in total. The van der Waals surface area contributed by atoms with Gasteiger partial charge in [0.15, 0.2) is 11.6 Å². The molecule has 0 amide bonds. The summed E-state index contributed by atoms with van der Waals surface area (Å²) in [5.41, 5.74) is 2.88. The fourth-order valence-corrected chi connectivity index (χ4v) is 6.58. The Kier molecular flexibility index (Phi) is 7.46. The first-order valence-corrected chi connectivity index (χ1v) is 14.6. The van der Waals surface area contributed by atoms with Crippen molar-refractivity contribution in [3.8, 4) is 11.3 Å². The molecule has 0 saturated carbocycles. The van der Waals surface area contributed by atoms with Crippen LogP contribution in [0.3, 0.4) is 0 Å². The van der Waals surface area contributed by atoms with Gasteiger partial charge in [-0.2, -0.15) is 0 Å². The molecular formula is C31H38F2N8. The number of fused-ring (bicyclic) bond motifs is 1. The van der Waals surface area contributed by atoms with Gasteiger partial charge in [0, 0.05) is 23.8 Å². The van der Waals surface area contributed by atoms with Gasteiger partial charge in [0.25, 0.3) is 0 Å². The van der Waals surface area contributed by atoms with Crippen LogP contribution < -0.4 is 10.6 Å². The van der Waals surface area contributed by atoms with Crippen molar-refractivity contribution in [3.05, 3.63) is 59.7 Å². The van der Waals surface area contributed by atoms with E-state index >= 15 is 4.39 Å². The molecule has 2 saturated heterocycles. The van der Waals surface area contributed by atoms with Gasteiger partial charge in [0.1, 0.15) is 22.9 Å². The summed E-state index contributed by atoms with van der Waals surface area (Å²) in [6.07, 6.45) is 8.07. The highest BCUT2D eigenvalue weighted by molar-refractivity contribution is 5.83. The smallest absolute Gasteiger partial charge is 0.229 e. The third-order valence-electron chi connectivity index (χ3n) is 9.04. The van der Waals surface area contributed by atoms with Gasteiger partial charge < -0.3 is 15.2 Å². The van der Waals surface area contributed by atoms with Crippen LogP contribution in [0.15, 0.2) is 36.7 Å². The molecule has 2 aliphatic rings. The van der Waals surface area contributed by atoms with Crippen LogP contribution in [0.5, 0.6) is 0 Å². The molecule has 2 aliphatic heterocycles. The van der Waals surface area contributed by atoms with Gasteiger partial charge in [-0.1, -0.05) is 6.07 Å². The molecule has 2 fully saturated rings. The lowest BCUT2D eigenvalue weighted by Crippen LogP contribution is -2.46. The summed E-state index contributed by atoms with van der Waals surface area (Å²) in [7, 11) is 0. The maximum Gasteiger partial charge on any atom is 0.229 e. The van der Waals surface area contributed by atoms with Gasteiger partial charge in [0.05, 0.1) is 11.7 Å². The van der Waals surface area contributed by atoms with E-state index in [1.165, 1.54) is 31.7 Å². The van der Waals surface area contributed by atoms with Crippen molar-refractivity contribution >= 4 is 22.8 Å². The Morgan fingerprint density at radius 1 is 0.927 bits per heavy atom. The lowest BCUT2D eigenvalue weighted by Gasteiger charge is -2.46. The number of anilines is 2. The van der Waals surface area contributed by atoms with E-state index in [4.69, 9.17) is 0 Å². The first-order valence-electron chi connectivity index (χ1n) is 14.6. The number of halogens is 2. The quantitative estimate of drug-likeness (QED) is 0.285. The Morgan fingerprint density at radius 3 is 2.37 bits per heavy atom. The number of aromatic nitrogens is 5. The Balaban J connectivity index is 1.18. The number of hydrogen-bond acceptors (Lipinski definition) is 7. The van der Waals surface area contributed by atoms with Crippen LogP contribution in [0.1, 0.15) is 69.9 Å². The average Bonchev–Trinajstić information content (AvgIpc) is 3.31. The summed E-state index contributed by atoms with van der Waals surface area (Å²) in [5.74, 6) is 0.296. The standard InChI is InChI=1S/C31H38F2N8/c1-19(2)41-21(4)37-29-24(32)15-23(16-26(29)41)28-25(33)18-36-30(39-28)38-27-6-5-22(17-35-27)20(3)40-13-9-31(10-14-40)7-11-34-12-8-31/h5-6,15-20,34H,7-14H2,1-4H3,(H,35,36,38,39)/t20-/m1/s1. The Bertz CT molecular complexity index is 1530. The SMILES string of the molecule is Cc1nc2c(F)cc(-c3nc(Nc4ccc([C@@H](C)N5CCC6(CCNCC6)CC5)cn4)ncc3F)cc2n1C(C)C. The number of nitrogens with zero attached hydrogens (tertiary/aromatic N) is 6. The van der Waals surface area contributed by atoms with E-state index in [1.54, 1.807) is 6.07 Å². The fourth-order valence-electron chi connectivity index (χ4n) is 6.58. The van der Waals surface area contributed by atoms with Crippen LogP contribution in [0, 0.1) is 24.0 Å². The third-order valence-corrected chi connectivity index (χ3v) is 9.04. The molecule has 2 N–H and O–H groups in total. The van der Waals surface area contributed by atoms with E-state index in [0.29, 0.717) is 28.1 Å². The predicted octanol–water partition coefficient (Wildman–Crippen LogP) is 6.33. The van der Waals surface area contributed by atoms with E-state index in [2.05, 4.69) is 48.5 Å². The molecule has 216 valence electrons. The van der Waals surface area contributed by atoms with E-state index in [9.17, 15) is 4.39 Å². The van der Waals surface area contributed by atoms with Crippen LogP contribution in [0.2, 0.25) is 0 Å². The van der Waals surface area contributed by atoms with Crippen LogP contribution >= 0.6 is 0 Å². The van der Waals surface area contributed by atoms with E-state index in [-0.39, 0.29) is 29.2 Å². The van der Waals surface area contributed by atoms with Crippen molar-refractivity contribution < 1.29 is 8.78 Å². The molecule has 5 heterocycles. The fraction of sp³-hybridized carbons (Fsp3) is 0.484. The molecule has 1 aromatic carbocycles. The van der Waals surface area contributed by atoms with Crippen molar-refractivity contribution in [3.63, 3.8) is 0 Å². The maximum atomic E-state index is 15.0. The summed E-state index contributed by atoms with van der Waals surface area (Å²) in [6, 6.07) is 7.31. The second kappa shape index (κ2) is 11.1. The molecule has 1 atom stereocenters. The highest BCUT2D eigenvalue weighted by atomic mass is 19.1. The Hall–Kier alpha value is -3.50. The van der Waals surface area contributed by atoms with Gasteiger partial charge in [-0.15, -0.1) is 0 Å². The van der Waals surface area contributed by atoms with Crippen molar-refractivity contribution in [1.82, 2.24) is 34.7 Å². The second-order valence-electron chi connectivity index (χ2n) is 11.9. The van der Waals surface area contributed by atoms with E-state index in [0.717, 1.165) is 37.9 Å². The normalized spacial score (nSPS) is 18.3. The number of benzene rings is 1. The second-order valence-corrected chi connectivity index (χ2v) is 11.9. The van der Waals surface area contributed by atoms with E-state index in [1.807, 2.05) is 37.6 Å². The zero-order valence-corrected chi connectivity index (χ0v) is 24.2. The van der Waals surface area contributed by atoms with Crippen molar-refractivity contribution in [2.24, 2.45) is 5.41 Å². The van der Waals surface area contributed by atoms with Crippen LogP contribution in [-0.2, 0) is 0 Å². The molecule has 0 aliphatic carbocycles. The number of hydrogen-bond donors (Lipinski definition) is 2. The molecule has 0 radical (unpaired) electrons. The van der Waals surface area contributed by atoms with E-state index < -0.39 is 11.6 Å². The monoisotopic (exact) mass is 560 g/mol. The number of pyridine rings is 1. The zero-order valence-electron chi connectivity index (χ0n) is 24.2. The lowest BCUT2D eigenvalue weighted by molar-refractivity contribution is 0.0538. The Labute approximate surface area is 239 Å². The predicted molar refractivity (Wildman–Crippen MR) is 157 cm³/mol. The first kappa shape index (κ1) is 27.7. The molecule has 6 rings (SSSR count). The number of imidazole rings is 1. The molecule has 0 unspecified atom stereocenters. The van der Waals surface area contributed by atoms with Crippen LogP contribution in [0.25, 0.3) is 22.3 Å². The number of aryl methyl sites for hydroxylation is 1. The van der Waals surface area contributed by atoms with Crippen molar-refractivity contribution in [1.29, 1.82) is 0 Å². The molecule has 10 heteroatoms. The molecule has 41 heavy (non-hydrogen) atoms. The summed E-state index contributed by atoms with van der Waals surface area (Å²) in [4.78, 5) is 20.0. The van der Waals surface area contributed by atoms with Crippen molar-refractivity contribution in [2.75, 3.05) is 31.5 Å². The van der Waals surface area contributed by atoms with Gasteiger partial charge in [-0.25, -0.2) is 28.7 Å². The summed E-state index contributed by atoms with van der Waals surface area (Å²) in [6.45, 7) is 12.6. The topological polar surface area (TPSA) is 83.8 Å². The van der Waals surface area contributed by atoms with Crippen LogP contribution in [0.4, 0.5) is 20.5 Å². The van der Waals surface area contributed by atoms with Gasteiger partial charge >= 0.3 is 0 Å². The average molecular weight is 561 g/mol. The molecule has 0 bridgehead atoms. The zero-order chi connectivity index (χ0) is 28.7. The van der Waals surface area contributed by atoms with Gasteiger partial charge in [0.2, 0.25) is 5.95 Å². The largest absolute Gasteiger partial charge is 0.326 e. The van der Waals surface area contributed by atoms with Gasteiger partial charge in [-0.3, -0.25) is 4.90 Å².